The Bertz CT molecular complexity index is 741. The quantitative estimate of drug-likeness (QED) is 0.575. The third kappa shape index (κ3) is 5.68. The Hall–Kier alpha value is -2.19. The second-order valence-corrected chi connectivity index (χ2v) is 8.03. The van der Waals surface area contributed by atoms with Crippen LogP contribution >= 0.6 is 0 Å². The first kappa shape index (κ1) is 20.9. The van der Waals surface area contributed by atoms with Gasteiger partial charge in [0.1, 0.15) is 0 Å². The first-order valence-electron chi connectivity index (χ1n) is 7.77. The Labute approximate surface area is 148 Å². The second-order valence-electron chi connectivity index (χ2n) is 6.26. The van der Waals surface area contributed by atoms with E-state index in [1.807, 2.05) is 13.8 Å². The summed E-state index contributed by atoms with van der Waals surface area (Å²) in [6, 6.07) is 5.42. The van der Waals surface area contributed by atoms with Crippen molar-refractivity contribution in [2.45, 2.75) is 37.6 Å². The van der Waals surface area contributed by atoms with Crippen molar-refractivity contribution in [2.75, 3.05) is 6.54 Å². The second kappa shape index (κ2) is 8.26. The van der Waals surface area contributed by atoms with Gasteiger partial charge in [0.15, 0.2) is 0 Å². The number of carboxylic acid groups (broad SMARTS) is 1. The van der Waals surface area contributed by atoms with Gasteiger partial charge in [-0.05, 0) is 37.1 Å². The van der Waals surface area contributed by atoms with E-state index in [0.717, 1.165) is 0 Å². The van der Waals surface area contributed by atoms with Crippen molar-refractivity contribution >= 4 is 21.9 Å². The third-order valence-electron chi connectivity index (χ3n) is 4.04. The molecule has 0 spiro atoms. The summed E-state index contributed by atoms with van der Waals surface area (Å²) in [6.07, 6.45) is 1.21. The van der Waals surface area contributed by atoms with Crippen LogP contribution in [-0.4, -0.2) is 37.5 Å². The molecule has 8 heteroatoms. The maximum Gasteiger partial charge on any atom is 0.305 e. The molecule has 7 nitrogen and oxygen atoms in total. The van der Waals surface area contributed by atoms with E-state index in [2.05, 4.69) is 16.6 Å². The van der Waals surface area contributed by atoms with Gasteiger partial charge in [-0.2, -0.15) is 0 Å². The molecule has 0 bridgehead atoms. The van der Waals surface area contributed by atoms with E-state index in [0.29, 0.717) is 0 Å². The van der Waals surface area contributed by atoms with E-state index in [1.165, 1.54) is 30.3 Å². The van der Waals surface area contributed by atoms with Crippen molar-refractivity contribution < 1.29 is 23.1 Å². The molecule has 25 heavy (non-hydrogen) atoms. The van der Waals surface area contributed by atoms with Gasteiger partial charge in [-0.25, -0.2) is 13.1 Å². The standard InChI is InChI=1S/C17H24N2O5S/c1-5-10-18-25(23,24)14-8-6-13(7-9-14)16(22)19-17(4,12(2)3)11-15(20)21/h5-9,12,18H,1,10-11H2,2-4H3,(H,19,22)(H,20,21). The molecule has 1 atom stereocenters. The van der Waals surface area contributed by atoms with Crippen LogP contribution in [0.3, 0.4) is 0 Å². The molecule has 3 N–H and O–H groups in total. The lowest BCUT2D eigenvalue weighted by molar-refractivity contribution is -0.138. The first-order valence-corrected chi connectivity index (χ1v) is 9.25. The number of sulfonamides is 1. The van der Waals surface area contributed by atoms with Crippen molar-refractivity contribution in [2.24, 2.45) is 5.92 Å². The fraction of sp³-hybridized carbons (Fsp3) is 0.412. The molecule has 138 valence electrons. The highest BCUT2D eigenvalue weighted by Crippen LogP contribution is 2.22. The van der Waals surface area contributed by atoms with Crippen LogP contribution in [0.1, 0.15) is 37.6 Å². The molecule has 0 aliphatic rings. The maximum atomic E-state index is 12.4. The molecular formula is C17H24N2O5S. The van der Waals surface area contributed by atoms with Gasteiger partial charge in [0.05, 0.1) is 16.9 Å². The van der Waals surface area contributed by atoms with Gasteiger partial charge in [-0.3, -0.25) is 9.59 Å². The molecule has 0 saturated heterocycles. The van der Waals surface area contributed by atoms with Gasteiger partial charge in [0.2, 0.25) is 10.0 Å². The molecule has 1 aromatic rings. The molecule has 0 aliphatic heterocycles. The van der Waals surface area contributed by atoms with Crippen LogP contribution in [0.25, 0.3) is 0 Å². The minimum atomic E-state index is -3.66. The Balaban J connectivity index is 2.96. The molecule has 0 aromatic heterocycles. The number of aliphatic carboxylic acids is 1. The lowest BCUT2D eigenvalue weighted by Crippen LogP contribution is -2.51. The summed E-state index contributed by atoms with van der Waals surface area (Å²) in [4.78, 5) is 23.5. The average molecular weight is 368 g/mol. The molecule has 1 unspecified atom stereocenters. The van der Waals surface area contributed by atoms with E-state index < -0.39 is 27.4 Å². The zero-order chi connectivity index (χ0) is 19.3. The molecule has 1 rings (SSSR count). The van der Waals surface area contributed by atoms with Gasteiger partial charge in [0.25, 0.3) is 5.91 Å². The zero-order valence-corrected chi connectivity index (χ0v) is 15.4. The Morgan fingerprint density at radius 2 is 1.84 bits per heavy atom. The normalized spacial score (nSPS) is 13.9. The van der Waals surface area contributed by atoms with Crippen molar-refractivity contribution in [3.8, 4) is 0 Å². The summed E-state index contributed by atoms with van der Waals surface area (Å²) < 4.78 is 26.3. The average Bonchev–Trinajstić information content (AvgIpc) is 2.52. The van der Waals surface area contributed by atoms with Gasteiger partial charge < -0.3 is 10.4 Å². The lowest BCUT2D eigenvalue weighted by Gasteiger charge is -2.33. The van der Waals surface area contributed by atoms with E-state index >= 15 is 0 Å². The van der Waals surface area contributed by atoms with E-state index in [4.69, 9.17) is 5.11 Å². The summed E-state index contributed by atoms with van der Waals surface area (Å²) >= 11 is 0. The molecule has 0 fully saturated rings. The fourth-order valence-corrected chi connectivity index (χ4v) is 3.07. The van der Waals surface area contributed by atoms with E-state index in [1.54, 1.807) is 6.92 Å². The van der Waals surface area contributed by atoms with Crippen LogP contribution in [0.2, 0.25) is 0 Å². The zero-order valence-electron chi connectivity index (χ0n) is 14.6. The minimum absolute atomic E-state index is 0.0306. The van der Waals surface area contributed by atoms with Crippen molar-refractivity contribution in [3.05, 3.63) is 42.5 Å². The molecule has 0 heterocycles. The monoisotopic (exact) mass is 368 g/mol. The number of amides is 1. The highest BCUT2D eigenvalue weighted by molar-refractivity contribution is 7.89. The molecular weight excluding hydrogens is 344 g/mol. The Kier molecular flexibility index (Phi) is 6.89. The number of rotatable bonds is 9. The fourth-order valence-electron chi connectivity index (χ4n) is 2.08. The highest BCUT2D eigenvalue weighted by atomic mass is 32.2. The third-order valence-corrected chi connectivity index (χ3v) is 5.48. The molecule has 0 radical (unpaired) electrons. The van der Waals surface area contributed by atoms with Crippen LogP contribution in [0.5, 0.6) is 0 Å². The number of carbonyl (C=O) groups excluding carboxylic acids is 1. The smallest absolute Gasteiger partial charge is 0.305 e. The Morgan fingerprint density at radius 1 is 1.28 bits per heavy atom. The predicted octanol–water partition coefficient (Wildman–Crippen LogP) is 1.77. The number of carbonyl (C=O) groups is 2. The summed E-state index contributed by atoms with van der Waals surface area (Å²) in [5, 5.41) is 11.8. The number of carboxylic acids is 1. The van der Waals surface area contributed by atoms with Crippen LogP contribution in [0.15, 0.2) is 41.8 Å². The number of hydrogen-bond acceptors (Lipinski definition) is 4. The lowest BCUT2D eigenvalue weighted by atomic mass is 9.85. The van der Waals surface area contributed by atoms with Gasteiger partial charge in [0, 0.05) is 12.1 Å². The number of benzene rings is 1. The van der Waals surface area contributed by atoms with Crippen LogP contribution in [-0.2, 0) is 14.8 Å². The largest absolute Gasteiger partial charge is 0.481 e. The summed E-state index contributed by atoms with van der Waals surface area (Å²) in [6.45, 7) is 8.86. The minimum Gasteiger partial charge on any atom is -0.481 e. The molecule has 1 aromatic carbocycles. The number of hydrogen-bond donors (Lipinski definition) is 3. The SMILES string of the molecule is C=CCNS(=O)(=O)c1ccc(C(=O)NC(C)(CC(=O)O)C(C)C)cc1. The first-order chi connectivity index (χ1) is 11.5. The number of nitrogens with one attached hydrogen (secondary N) is 2. The van der Waals surface area contributed by atoms with Crippen LogP contribution < -0.4 is 10.0 Å². The summed E-state index contributed by atoms with van der Waals surface area (Å²) in [5.74, 6) is -1.57. The summed E-state index contributed by atoms with van der Waals surface area (Å²) in [5.41, 5.74) is -0.668. The Morgan fingerprint density at radius 3 is 2.28 bits per heavy atom. The maximum absolute atomic E-state index is 12.4. The molecule has 1 amide bonds. The topological polar surface area (TPSA) is 113 Å². The van der Waals surface area contributed by atoms with Crippen molar-refractivity contribution in [3.63, 3.8) is 0 Å². The van der Waals surface area contributed by atoms with Crippen molar-refractivity contribution in [1.82, 2.24) is 10.0 Å². The van der Waals surface area contributed by atoms with Gasteiger partial charge in [-0.15, -0.1) is 6.58 Å². The summed E-state index contributed by atoms with van der Waals surface area (Å²) in [7, 11) is -3.66. The predicted molar refractivity (Wildman–Crippen MR) is 94.8 cm³/mol. The van der Waals surface area contributed by atoms with Crippen molar-refractivity contribution in [1.29, 1.82) is 0 Å². The van der Waals surface area contributed by atoms with E-state index in [-0.39, 0.29) is 29.3 Å². The van der Waals surface area contributed by atoms with Crippen LogP contribution in [0.4, 0.5) is 0 Å². The molecule has 0 saturated carbocycles. The van der Waals surface area contributed by atoms with Gasteiger partial charge in [-0.1, -0.05) is 19.9 Å². The van der Waals surface area contributed by atoms with Crippen LogP contribution in [0, 0.1) is 5.92 Å². The van der Waals surface area contributed by atoms with E-state index in [9.17, 15) is 18.0 Å². The molecule has 0 aliphatic carbocycles. The van der Waals surface area contributed by atoms with Gasteiger partial charge >= 0.3 is 5.97 Å². The highest BCUT2D eigenvalue weighted by Gasteiger charge is 2.33.